The average molecular weight is 201 g/mol. The molecule has 0 saturated carbocycles. The molecule has 2 amide bonds. The molecule has 0 aliphatic heterocycles. The Morgan fingerprint density at radius 3 is 2.29 bits per heavy atom. The van der Waals surface area contributed by atoms with E-state index in [0.717, 1.165) is 0 Å². The van der Waals surface area contributed by atoms with Crippen LogP contribution < -0.4 is 16.4 Å². The SMILES string of the molecule is CC(C)NC(=O)CNC(C)CC(N)=O. The second-order valence-corrected chi connectivity index (χ2v) is 3.67. The van der Waals surface area contributed by atoms with Crippen LogP contribution in [0.2, 0.25) is 0 Å². The highest BCUT2D eigenvalue weighted by atomic mass is 16.2. The second kappa shape index (κ2) is 6.37. The van der Waals surface area contributed by atoms with E-state index < -0.39 is 0 Å². The lowest BCUT2D eigenvalue weighted by molar-refractivity contribution is -0.122. The Bertz CT molecular complexity index is 204. The van der Waals surface area contributed by atoms with Gasteiger partial charge in [-0.2, -0.15) is 0 Å². The van der Waals surface area contributed by atoms with E-state index in [0.29, 0.717) is 0 Å². The Labute approximate surface area is 84.4 Å². The largest absolute Gasteiger partial charge is 0.370 e. The highest BCUT2D eigenvalue weighted by Gasteiger charge is 2.08. The monoisotopic (exact) mass is 201 g/mol. The van der Waals surface area contributed by atoms with Gasteiger partial charge in [-0.1, -0.05) is 0 Å². The molecular formula is C9H19N3O2. The molecule has 0 heterocycles. The Kier molecular flexibility index (Phi) is 5.87. The van der Waals surface area contributed by atoms with Gasteiger partial charge in [0.05, 0.1) is 6.54 Å². The van der Waals surface area contributed by atoms with Crippen LogP contribution in [0.3, 0.4) is 0 Å². The van der Waals surface area contributed by atoms with Gasteiger partial charge in [-0.05, 0) is 20.8 Å². The molecular weight excluding hydrogens is 182 g/mol. The first-order valence-electron chi connectivity index (χ1n) is 4.73. The summed E-state index contributed by atoms with van der Waals surface area (Å²) in [6, 6.07) is 0.0705. The van der Waals surface area contributed by atoms with Gasteiger partial charge in [-0.15, -0.1) is 0 Å². The molecule has 5 nitrogen and oxygen atoms in total. The number of hydrogen-bond acceptors (Lipinski definition) is 3. The molecule has 0 radical (unpaired) electrons. The van der Waals surface area contributed by atoms with Gasteiger partial charge in [0.25, 0.3) is 0 Å². The number of primary amides is 1. The topological polar surface area (TPSA) is 84.2 Å². The molecule has 0 aliphatic carbocycles. The lowest BCUT2D eigenvalue weighted by atomic mass is 10.2. The van der Waals surface area contributed by atoms with E-state index in [9.17, 15) is 9.59 Å². The van der Waals surface area contributed by atoms with Crippen LogP contribution >= 0.6 is 0 Å². The van der Waals surface area contributed by atoms with Crippen molar-refractivity contribution >= 4 is 11.8 Å². The van der Waals surface area contributed by atoms with Gasteiger partial charge in [0.1, 0.15) is 0 Å². The number of nitrogens with one attached hydrogen (secondary N) is 2. The minimum absolute atomic E-state index is 0.0644. The second-order valence-electron chi connectivity index (χ2n) is 3.67. The van der Waals surface area contributed by atoms with Crippen molar-refractivity contribution in [1.82, 2.24) is 10.6 Å². The summed E-state index contributed by atoms with van der Waals surface area (Å²) in [5.41, 5.74) is 5.00. The highest BCUT2D eigenvalue weighted by Crippen LogP contribution is 1.87. The van der Waals surface area contributed by atoms with Gasteiger partial charge in [-0.25, -0.2) is 0 Å². The van der Waals surface area contributed by atoms with Crippen LogP contribution in [0.1, 0.15) is 27.2 Å². The van der Waals surface area contributed by atoms with Crippen molar-refractivity contribution in [3.8, 4) is 0 Å². The van der Waals surface area contributed by atoms with E-state index in [1.165, 1.54) is 0 Å². The van der Waals surface area contributed by atoms with Crippen LogP contribution in [0, 0.1) is 0 Å². The maximum absolute atomic E-state index is 11.2. The molecule has 0 fully saturated rings. The predicted molar refractivity (Wildman–Crippen MR) is 54.6 cm³/mol. The number of carbonyl (C=O) groups excluding carboxylic acids is 2. The summed E-state index contributed by atoms with van der Waals surface area (Å²) in [4.78, 5) is 21.7. The molecule has 0 aromatic rings. The first-order chi connectivity index (χ1) is 6.41. The number of carbonyl (C=O) groups is 2. The van der Waals surface area contributed by atoms with Crippen molar-refractivity contribution in [2.24, 2.45) is 5.73 Å². The maximum Gasteiger partial charge on any atom is 0.234 e. The van der Waals surface area contributed by atoms with Crippen LogP contribution in [0.5, 0.6) is 0 Å². The fourth-order valence-electron chi connectivity index (χ4n) is 1.01. The molecule has 0 bridgehead atoms. The molecule has 14 heavy (non-hydrogen) atoms. The van der Waals surface area contributed by atoms with Gasteiger partial charge in [0.15, 0.2) is 0 Å². The molecule has 0 spiro atoms. The lowest BCUT2D eigenvalue weighted by Crippen LogP contribution is -2.41. The van der Waals surface area contributed by atoms with Crippen LogP contribution in [-0.4, -0.2) is 30.4 Å². The van der Waals surface area contributed by atoms with Crippen LogP contribution in [0.4, 0.5) is 0 Å². The van der Waals surface area contributed by atoms with Crippen LogP contribution in [0.25, 0.3) is 0 Å². The zero-order chi connectivity index (χ0) is 11.1. The zero-order valence-electron chi connectivity index (χ0n) is 8.96. The summed E-state index contributed by atoms with van der Waals surface area (Å²) in [5, 5.41) is 5.64. The van der Waals surface area contributed by atoms with E-state index in [1.807, 2.05) is 20.8 Å². The molecule has 1 unspecified atom stereocenters. The fourth-order valence-corrected chi connectivity index (χ4v) is 1.01. The van der Waals surface area contributed by atoms with Gasteiger partial charge < -0.3 is 16.4 Å². The first kappa shape index (κ1) is 12.9. The Balaban J connectivity index is 3.61. The van der Waals surface area contributed by atoms with Crippen LogP contribution in [-0.2, 0) is 9.59 Å². The minimum atomic E-state index is -0.366. The fraction of sp³-hybridized carbons (Fsp3) is 0.778. The minimum Gasteiger partial charge on any atom is -0.370 e. The molecule has 82 valence electrons. The molecule has 0 aliphatic rings. The van der Waals surface area contributed by atoms with Crippen LogP contribution in [0.15, 0.2) is 0 Å². The normalized spacial score (nSPS) is 12.6. The summed E-state index contributed by atoms with van der Waals surface area (Å²) in [6.07, 6.45) is 0.245. The van der Waals surface area contributed by atoms with Crippen molar-refractivity contribution in [2.75, 3.05) is 6.54 Å². The lowest BCUT2D eigenvalue weighted by Gasteiger charge is -2.13. The zero-order valence-corrected chi connectivity index (χ0v) is 8.96. The summed E-state index contributed by atoms with van der Waals surface area (Å²) in [6.45, 7) is 5.81. The molecule has 4 N–H and O–H groups in total. The number of amides is 2. The highest BCUT2D eigenvalue weighted by molar-refractivity contribution is 5.78. The van der Waals surface area contributed by atoms with Crippen molar-refractivity contribution in [2.45, 2.75) is 39.3 Å². The average Bonchev–Trinajstić information content (AvgIpc) is 1.98. The van der Waals surface area contributed by atoms with E-state index in [1.54, 1.807) is 0 Å². The van der Waals surface area contributed by atoms with E-state index in [-0.39, 0.29) is 36.9 Å². The number of nitrogens with two attached hydrogens (primary N) is 1. The van der Waals surface area contributed by atoms with Gasteiger partial charge in [0.2, 0.25) is 11.8 Å². The Morgan fingerprint density at radius 2 is 1.86 bits per heavy atom. The Hall–Kier alpha value is -1.10. The first-order valence-corrected chi connectivity index (χ1v) is 4.73. The molecule has 0 aromatic carbocycles. The van der Waals surface area contributed by atoms with Gasteiger partial charge in [-0.3, -0.25) is 9.59 Å². The number of rotatable bonds is 6. The van der Waals surface area contributed by atoms with Gasteiger partial charge >= 0.3 is 0 Å². The summed E-state index contributed by atoms with van der Waals surface area (Å²) in [5.74, 6) is -0.439. The quantitative estimate of drug-likeness (QED) is 0.534. The summed E-state index contributed by atoms with van der Waals surface area (Å²) in [7, 11) is 0. The van der Waals surface area contributed by atoms with Crippen molar-refractivity contribution < 1.29 is 9.59 Å². The maximum atomic E-state index is 11.2. The van der Waals surface area contributed by atoms with Gasteiger partial charge in [0, 0.05) is 18.5 Å². The molecule has 0 saturated heterocycles. The predicted octanol–water partition coefficient (Wildman–Crippen LogP) is -0.635. The summed E-state index contributed by atoms with van der Waals surface area (Å²) < 4.78 is 0. The molecule has 0 aromatic heterocycles. The van der Waals surface area contributed by atoms with E-state index in [2.05, 4.69) is 10.6 Å². The van der Waals surface area contributed by atoms with Crippen molar-refractivity contribution in [3.63, 3.8) is 0 Å². The third kappa shape index (κ3) is 7.54. The molecule has 5 heteroatoms. The Morgan fingerprint density at radius 1 is 1.29 bits per heavy atom. The number of hydrogen-bond donors (Lipinski definition) is 3. The van der Waals surface area contributed by atoms with Crippen molar-refractivity contribution in [1.29, 1.82) is 0 Å². The summed E-state index contributed by atoms with van der Waals surface area (Å²) >= 11 is 0. The standard InChI is InChI=1S/C9H19N3O2/c1-6(2)12-9(14)5-11-7(3)4-8(10)13/h6-7,11H,4-5H2,1-3H3,(H2,10,13)(H,12,14). The third-order valence-electron chi connectivity index (χ3n) is 1.57. The smallest absolute Gasteiger partial charge is 0.234 e. The van der Waals surface area contributed by atoms with E-state index in [4.69, 9.17) is 5.73 Å². The molecule has 1 atom stereocenters. The van der Waals surface area contributed by atoms with Crippen molar-refractivity contribution in [3.05, 3.63) is 0 Å². The van der Waals surface area contributed by atoms with E-state index >= 15 is 0 Å². The third-order valence-corrected chi connectivity index (χ3v) is 1.57. The molecule has 0 rings (SSSR count).